The van der Waals surface area contributed by atoms with Gasteiger partial charge in [-0.1, -0.05) is 6.08 Å². The lowest BCUT2D eigenvalue weighted by Gasteiger charge is -2.31. The summed E-state index contributed by atoms with van der Waals surface area (Å²) < 4.78 is 5.02. The summed E-state index contributed by atoms with van der Waals surface area (Å²) >= 11 is 0. The second kappa shape index (κ2) is 9.00. The van der Waals surface area contributed by atoms with Crippen molar-refractivity contribution in [2.75, 3.05) is 31.6 Å². The minimum Gasteiger partial charge on any atom is -0.450 e. The number of rotatable bonds is 6. The fourth-order valence-corrected chi connectivity index (χ4v) is 2.64. The topological polar surface area (TPSA) is 96.5 Å². The minimum absolute atomic E-state index is 0.184. The quantitative estimate of drug-likeness (QED) is 0.761. The number of hydrogen-bond acceptors (Lipinski definition) is 6. The van der Waals surface area contributed by atoms with Crippen molar-refractivity contribution in [2.24, 2.45) is 0 Å². The third-order valence-corrected chi connectivity index (χ3v) is 3.85. The van der Waals surface area contributed by atoms with Gasteiger partial charge in [0.25, 0.3) is 5.91 Å². The zero-order valence-corrected chi connectivity index (χ0v) is 14.7. The van der Waals surface area contributed by atoms with Crippen LogP contribution < -0.4 is 10.6 Å². The fraction of sp³-hybridized carbons (Fsp3) is 0.529. The molecule has 1 aliphatic heterocycles. The maximum absolute atomic E-state index is 12.0. The molecule has 8 heteroatoms. The van der Waals surface area contributed by atoms with Crippen LogP contribution in [0.4, 0.5) is 10.6 Å². The van der Waals surface area contributed by atoms with Crippen molar-refractivity contribution in [1.82, 2.24) is 20.2 Å². The number of anilines is 1. The van der Waals surface area contributed by atoms with Gasteiger partial charge in [0.15, 0.2) is 0 Å². The second-order valence-corrected chi connectivity index (χ2v) is 5.79. The Bertz CT molecular complexity index is 627. The lowest BCUT2D eigenvalue weighted by Crippen LogP contribution is -2.42. The number of carbonyl (C=O) groups is 2. The predicted octanol–water partition coefficient (Wildman–Crippen LogP) is 1.73. The summed E-state index contributed by atoms with van der Waals surface area (Å²) in [7, 11) is 0. The van der Waals surface area contributed by atoms with Crippen LogP contribution in [-0.4, -0.2) is 59.2 Å². The number of aryl methyl sites for hydroxylation is 1. The van der Waals surface area contributed by atoms with Crippen LogP contribution in [0.2, 0.25) is 0 Å². The van der Waals surface area contributed by atoms with E-state index in [0.717, 1.165) is 12.8 Å². The van der Waals surface area contributed by atoms with E-state index < -0.39 is 0 Å². The Balaban J connectivity index is 1.95. The SMILES string of the molecule is C=CCNC(=O)c1cc(NC2CCN(C(=O)OCC)CC2)nc(C)n1. The third-order valence-electron chi connectivity index (χ3n) is 3.85. The number of hydrogen-bond donors (Lipinski definition) is 2. The summed E-state index contributed by atoms with van der Waals surface area (Å²) in [4.78, 5) is 34.0. The van der Waals surface area contributed by atoms with Crippen molar-refractivity contribution in [3.63, 3.8) is 0 Å². The molecule has 2 heterocycles. The van der Waals surface area contributed by atoms with E-state index in [2.05, 4.69) is 27.2 Å². The number of ether oxygens (including phenoxy) is 1. The maximum atomic E-state index is 12.0. The van der Waals surface area contributed by atoms with Crippen LogP contribution in [0, 0.1) is 6.92 Å². The zero-order chi connectivity index (χ0) is 18.2. The summed E-state index contributed by atoms with van der Waals surface area (Å²) in [5.74, 6) is 0.883. The monoisotopic (exact) mass is 347 g/mol. The van der Waals surface area contributed by atoms with Crippen molar-refractivity contribution in [3.8, 4) is 0 Å². The molecule has 2 amide bonds. The summed E-state index contributed by atoms with van der Waals surface area (Å²) in [6.45, 7) is 9.15. The second-order valence-electron chi connectivity index (χ2n) is 5.79. The highest BCUT2D eigenvalue weighted by Crippen LogP contribution is 2.17. The number of nitrogens with zero attached hydrogens (tertiary/aromatic N) is 3. The number of nitrogens with one attached hydrogen (secondary N) is 2. The molecule has 0 atom stereocenters. The number of likely N-dealkylation sites (tertiary alicyclic amines) is 1. The molecule has 1 saturated heterocycles. The first-order valence-corrected chi connectivity index (χ1v) is 8.46. The van der Waals surface area contributed by atoms with E-state index in [1.807, 2.05) is 0 Å². The molecule has 1 aromatic heterocycles. The Morgan fingerprint density at radius 2 is 2.12 bits per heavy atom. The van der Waals surface area contributed by atoms with E-state index in [0.29, 0.717) is 43.6 Å². The molecular weight excluding hydrogens is 322 g/mol. The van der Waals surface area contributed by atoms with Gasteiger partial charge in [0.2, 0.25) is 0 Å². The van der Waals surface area contributed by atoms with Crippen LogP contribution in [0.5, 0.6) is 0 Å². The van der Waals surface area contributed by atoms with Crippen molar-refractivity contribution in [1.29, 1.82) is 0 Å². The largest absolute Gasteiger partial charge is 0.450 e. The minimum atomic E-state index is -0.264. The fourth-order valence-electron chi connectivity index (χ4n) is 2.64. The van der Waals surface area contributed by atoms with E-state index in [4.69, 9.17) is 4.74 Å². The standard InChI is InChI=1S/C17H25N5O3/c1-4-8-18-16(23)14-11-15(20-12(3)19-14)21-13-6-9-22(10-7-13)17(24)25-5-2/h4,11,13H,1,5-10H2,2-3H3,(H,18,23)(H,19,20,21). The van der Waals surface area contributed by atoms with Crippen molar-refractivity contribution >= 4 is 17.8 Å². The molecule has 0 aromatic carbocycles. The lowest BCUT2D eigenvalue weighted by atomic mass is 10.1. The molecule has 25 heavy (non-hydrogen) atoms. The van der Waals surface area contributed by atoms with Gasteiger partial charge in [0.1, 0.15) is 17.3 Å². The summed E-state index contributed by atoms with van der Waals surface area (Å²) in [5, 5.41) is 6.04. The predicted molar refractivity (Wildman–Crippen MR) is 94.5 cm³/mol. The molecule has 8 nitrogen and oxygen atoms in total. The molecule has 0 radical (unpaired) electrons. The van der Waals surface area contributed by atoms with E-state index in [9.17, 15) is 9.59 Å². The van der Waals surface area contributed by atoms with Crippen LogP contribution in [-0.2, 0) is 4.74 Å². The highest BCUT2D eigenvalue weighted by atomic mass is 16.6. The number of aromatic nitrogens is 2. The van der Waals surface area contributed by atoms with Crippen LogP contribution >= 0.6 is 0 Å². The van der Waals surface area contributed by atoms with Gasteiger partial charge in [-0.05, 0) is 26.7 Å². The van der Waals surface area contributed by atoms with Gasteiger partial charge in [-0.25, -0.2) is 14.8 Å². The molecule has 136 valence electrons. The van der Waals surface area contributed by atoms with E-state index >= 15 is 0 Å². The molecule has 0 aliphatic carbocycles. The molecule has 2 rings (SSSR count). The van der Waals surface area contributed by atoms with Gasteiger partial charge in [-0.15, -0.1) is 6.58 Å². The number of amides is 2. The first-order chi connectivity index (χ1) is 12.0. The maximum Gasteiger partial charge on any atom is 0.409 e. The van der Waals surface area contributed by atoms with E-state index in [-0.39, 0.29) is 18.0 Å². The van der Waals surface area contributed by atoms with Crippen LogP contribution in [0.25, 0.3) is 0 Å². The first kappa shape index (κ1) is 18.7. The van der Waals surface area contributed by atoms with Crippen LogP contribution in [0.1, 0.15) is 36.1 Å². The van der Waals surface area contributed by atoms with Crippen LogP contribution in [0.3, 0.4) is 0 Å². The molecule has 1 aliphatic rings. The molecule has 0 unspecified atom stereocenters. The third kappa shape index (κ3) is 5.44. The molecule has 1 aromatic rings. The van der Waals surface area contributed by atoms with Crippen molar-refractivity contribution in [2.45, 2.75) is 32.7 Å². The summed E-state index contributed by atoms with van der Waals surface area (Å²) in [6, 6.07) is 1.83. The molecule has 0 saturated carbocycles. The Morgan fingerprint density at radius 1 is 1.40 bits per heavy atom. The van der Waals surface area contributed by atoms with Gasteiger partial charge in [0, 0.05) is 31.7 Å². The van der Waals surface area contributed by atoms with Crippen LogP contribution in [0.15, 0.2) is 18.7 Å². The Labute approximate surface area is 147 Å². The lowest BCUT2D eigenvalue weighted by molar-refractivity contribution is 0.0950. The smallest absolute Gasteiger partial charge is 0.409 e. The van der Waals surface area contributed by atoms with E-state index in [1.165, 1.54) is 0 Å². The Hall–Kier alpha value is -2.64. The number of carbonyl (C=O) groups excluding carboxylic acids is 2. The normalized spacial score (nSPS) is 14.7. The van der Waals surface area contributed by atoms with Gasteiger partial charge >= 0.3 is 6.09 Å². The van der Waals surface area contributed by atoms with Crippen molar-refractivity contribution in [3.05, 3.63) is 30.2 Å². The average Bonchev–Trinajstić information content (AvgIpc) is 2.60. The molecule has 1 fully saturated rings. The summed E-state index contributed by atoms with van der Waals surface area (Å²) in [6.07, 6.45) is 2.93. The molecule has 2 N–H and O–H groups in total. The van der Waals surface area contributed by atoms with Gasteiger partial charge in [-0.2, -0.15) is 0 Å². The molecule has 0 bridgehead atoms. The Kier molecular flexibility index (Phi) is 6.73. The van der Waals surface area contributed by atoms with E-state index in [1.54, 1.807) is 30.9 Å². The molecule has 0 spiro atoms. The van der Waals surface area contributed by atoms with Gasteiger partial charge in [0.05, 0.1) is 6.61 Å². The van der Waals surface area contributed by atoms with Crippen molar-refractivity contribution < 1.29 is 14.3 Å². The average molecular weight is 347 g/mol. The first-order valence-electron chi connectivity index (χ1n) is 8.46. The Morgan fingerprint density at radius 3 is 2.76 bits per heavy atom. The highest BCUT2D eigenvalue weighted by molar-refractivity contribution is 5.93. The highest BCUT2D eigenvalue weighted by Gasteiger charge is 2.24. The summed E-state index contributed by atoms with van der Waals surface area (Å²) in [5.41, 5.74) is 0.320. The van der Waals surface area contributed by atoms with Gasteiger partial charge < -0.3 is 20.3 Å². The van der Waals surface area contributed by atoms with Gasteiger partial charge in [-0.3, -0.25) is 4.79 Å². The molecular formula is C17H25N5O3. The zero-order valence-electron chi connectivity index (χ0n) is 14.7. The number of piperidine rings is 1.